The summed E-state index contributed by atoms with van der Waals surface area (Å²) in [6.07, 6.45) is 4.79. The topological polar surface area (TPSA) is 85.4 Å². The minimum atomic E-state index is -0.135. The smallest absolute Gasteiger partial charge is 0.234 e. The number of hydrogen-bond acceptors (Lipinski definition) is 6. The lowest BCUT2D eigenvalue weighted by molar-refractivity contribution is -0.125. The summed E-state index contributed by atoms with van der Waals surface area (Å²) in [5.41, 5.74) is 0. The molecule has 2 atom stereocenters. The molecule has 2 aromatic heterocycles. The molecular weight excluding hydrogens is 298 g/mol. The van der Waals surface area contributed by atoms with Gasteiger partial charge in [-0.1, -0.05) is 0 Å². The molecule has 2 unspecified atom stereocenters. The lowest BCUT2D eigenvalue weighted by Gasteiger charge is -2.32. The van der Waals surface area contributed by atoms with E-state index >= 15 is 0 Å². The van der Waals surface area contributed by atoms with Crippen LogP contribution in [0, 0.1) is 0 Å². The number of amides is 1. The van der Waals surface area contributed by atoms with Crippen LogP contribution in [-0.4, -0.2) is 57.9 Å². The first-order valence-electron chi connectivity index (χ1n) is 7.70. The maximum atomic E-state index is 12.2. The minimum absolute atomic E-state index is 0.0146. The van der Waals surface area contributed by atoms with E-state index in [-0.39, 0.29) is 18.1 Å². The molecule has 124 valence electrons. The predicted molar refractivity (Wildman–Crippen MR) is 81.5 cm³/mol. The third kappa shape index (κ3) is 4.40. The predicted octanol–water partition coefficient (Wildman–Crippen LogP) is 0.449. The molecule has 3 rings (SSSR count). The van der Waals surface area contributed by atoms with Gasteiger partial charge in [0.15, 0.2) is 0 Å². The second-order valence-electron chi connectivity index (χ2n) is 5.65. The highest BCUT2D eigenvalue weighted by Gasteiger charge is 2.23. The molecule has 8 nitrogen and oxygen atoms in total. The van der Waals surface area contributed by atoms with E-state index in [0.717, 1.165) is 12.3 Å². The first-order chi connectivity index (χ1) is 11.2. The Morgan fingerprint density at radius 3 is 3.22 bits per heavy atom. The lowest BCUT2D eigenvalue weighted by Crippen LogP contribution is -2.48. The van der Waals surface area contributed by atoms with Gasteiger partial charge in [-0.3, -0.25) is 14.4 Å². The third-order valence-electron chi connectivity index (χ3n) is 3.79. The Balaban J connectivity index is 1.46. The summed E-state index contributed by atoms with van der Waals surface area (Å²) < 4.78 is 12.8. The van der Waals surface area contributed by atoms with Gasteiger partial charge in [-0.15, -0.1) is 0 Å². The molecule has 1 aliphatic heterocycles. The van der Waals surface area contributed by atoms with Crippen molar-refractivity contribution < 1.29 is 13.9 Å². The zero-order valence-electron chi connectivity index (χ0n) is 13.1. The lowest BCUT2D eigenvalue weighted by atomic mass is 10.2. The Hall–Kier alpha value is -2.19. The van der Waals surface area contributed by atoms with E-state index in [0.29, 0.717) is 26.2 Å². The van der Waals surface area contributed by atoms with Gasteiger partial charge in [0.05, 0.1) is 38.1 Å². The van der Waals surface area contributed by atoms with Crippen LogP contribution in [-0.2, 0) is 16.1 Å². The molecule has 1 aliphatic rings. The zero-order chi connectivity index (χ0) is 16.1. The second-order valence-corrected chi connectivity index (χ2v) is 5.65. The summed E-state index contributed by atoms with van der Waals surface area (Å²) in [4.78, 5) is 18.2. The van der Waals surface area contributed by atoms with Crippen molar-refractivity contribution in [2.75, 3.05) is 26.2 Å². The van der Waals surface area contributed by atoms with Crippen molar-refractivity contribution >= 4 is 5.91 Å². The molecule has 8 heteroatoms. The fourth-order valence-corrected chi connectivity index (χ4v) is 2.67. The summed E-state index contributed by atoms with van der Waals surface area (Å²) in [7, 11) is 0. The van der Waals surface area contributed by atoms with Crippen LogP contribution in [0.2, 0.25) is 0 Å². The van der Waals surface area contributed by atoms with Gasteiger partial charge in [-0.2, -0.15) is 5.10 Å². The molecule has 2 aromatic rings. The molecule has 0 bridgehead atoms. The minimum Gasteiger partial charge on any atom is -0.467 e. The molecule has 1 amide bonds. The first kappa shape index (κ1) is 15.7. The molecule has 0 spiro atoms. The van der Waals surface area contributed by atoms with Gasteiger partial charge in [-0.25, -0.2) is 4.98 Å². The van der Waals surface area contributed by atoms with E-state index in [1.165, 1.54) is 6.33 Å². The van der Waals surface area contributed by atoms with Crippen LogP contribution in [0.5, 0.6) is 0 Å². The number of nitrogens with zero attached hydrogens (tertiary/aromatic N) is 4. The maximum Gasteiger partial charge on any atom is 0.234 e. The second kappa shape index (κ2) is 7.38. The average Bonchev–Trinajstić information content (AvgIpc) is 3.20. The van der Waals surface area contributed by atoms with Gasteiger partial charge in [-0.05, 0) is 19.1 Å². The standard InChI is InChI=1S/C15H21N5O3/c1-12(14-3-2-5-23-14)18-15(21)9-19-4-6-22-13(7-19)8-20-11-16-10-17-20/h2-3,5,10-13H,4,6-9H2,1H3,(H,18,21). The van der Waals surface area contributed by atoms with Crippen LogP contribution < -0.4 is 5.32 Å². The summed E-state index contributed by atoms with van der Waals surface area (Å²) in [5.74, 6) is 0.736. The van der Waals surface area contributed by atoms with Crippen LogP contribution >= 0.6 is 0 Å². The zero-order valence-corrected chi connectivity index (χ0v) is 13.1. The SMILES string of the molecule is CC(NC(=O)CN1CCOC(Cn2cncn2)C1)c1ccco1. The summed E-state index contributed by atoms with van der Waals surface area (Å²) in [5, 5.41) is 7.03. The molecule has 3 heterocycles. The van der Waals surface area contributed by atoms with Crippen molar-refractivity contribution in [1.29, 1.82) is 0 Å². The Morgan fingerprint density at radius 2 is 2.48 bits per heavy atom. The molecule has 0 aromatic carbocycles. The normalized spacial score (nSPS) is 20.3. The maximum absolute atomic E-state index is 12.2. The quantitative estimate of drug-likeness (QED) is 0.832. The molecule has 1 fully saturated rings. The van der Waals surface area contributed by atoms with Crippen molar-refractivity contribution in [1.82, 2.24) is 25.0 Å². The number of rotatable bonds is 6. The number of morpholine rings is 1. The van der Waals surface area contributed by atoms with Crippen molar-refractivity contribution in [3.8, 4) is 0 Å². The Bertz CT molecular complexity index is 599. The van der Waals surface area contributed by atoms with Gasteiger partial charge < -0.3 is 14.5 Å². The van der Waals surface area contributed by atoms with E-state index in [2.05, 4.69) is 20.3 Å². The summed E-state index contributed by atoms with van der Waals surface area (Å²) >= 11 is 0. The number of hydrogen-bond donors (Lipinski definition) is 1. The van der Waals surface area contributed by atoms with Crippen molar-refractivity contribution in [2.24, 2.45) is 0 Å². The van der Waals surface area contributed by atoms with Gasteiger partial charge in [0.25, 0.3) is 0 Å². The molecule has 1 saturated heterocycles. The summed E-state index contributed by atoms with van der Waals surface area (Å²) in [6.45, 7) is 4.95. The summed E-state index contributed by atoms with van der Waals surface area (Å²) in [6, 6.07) is 3.53. The highest BCUT2D eigenvalue weighted by atomic mass is 16.5. The van der Waals surface area contributed by atoms with E-state index in [9.17, 15) is 4.79 Å². The van der Waals surface area contributed by atoms with E-state index < -0.39 is 0 Å². The van der Waals surface area contributed by atoms with Crippen LogP contribution in [0.4, 0.5) is 0 Å². The van der Waals surface area contributed by atoms with Crippen LogP contribution in [0.25, 0.3) is 0 Å². The van der Waals surface area contributed by atoms with E-state index in [4.69, 9.17) is 9.15 Å². The largest absolute Gasteiger partial charge is 0.467 e. The number of ether oxygens (including phenoxy) is 1. The monoisotopic (exact) mass is 319 g/mol. The highest BCUT2D eigenvalue weighted by molar-refractivity contribution is 5.78. The Labute approximate surface area is 134 Å². The number of carbonyl (C=O) groups is 1. The van der Waals surface area contributed by atoms with Crippen molar-refractivity contribution in [3.05, 3.63) is 36.8 Å². The van der Waals surface area contributed by atoms with Crippen LogP contribution in [0.15, 0.2) is 35.5 Å². The fourth-order valence-electron chi connectivity index (χ4n) is 2.67. The molecular formula is C15H21N5O3. The van der Waals surface area contributed by atoms with Gasteiger partial charge in [0.2, 0.25) is 5.91 Å². The van der Waals surface area contributed by atoms with Crippen LogP contribution in [0.1, 0.15) is 18.7 Å². The first-order valence-corrected chi connectivity index (χ1v) is 7.70. The number of aromatic nitrogens is 3. The molecule has 0 radical (unpaired) electrons. The van der Waals surface area contributed by atoms with E-state index in [1.807, 2.05) is 19.1 Å². The number of furan rings is 1. The Kier molecular flexibility index (Phi) is 5.04. The van der Waals surface area contributed by atoms with Crippen LogP contribution in [0.3, 0.4) is 0 Å². The van der Waals surface area contributed by atoms with Crippen molar-refractivity contribution in [2.45, 2.75) is 25.6 Å². The average molecular weight is 319 g/mol. The molecule has 23 heavy (non-hydrogen) atoms. The Morgan fingerprint density at radius 1 is 1.57 bits per heavy atom. The molecule has 0 saturated carbocycles. The molecule has 1 N–H and O–H groups in total. The van der Waals surface area contributed by atoms with Gasteiger partial charge >= 0.3 is 0 Å². The van der Waals surface area contributed by atoms with Gasteiger partial charge in [0, 0.05) is 13.1 Å². The highest BCUT2D eigenvalue weighted by Crippen LogP contribution is 2.12. The van der Waals surface area contributed by atoms with Gasteiger partial charge in [0.1, 0.15) is 18.4 Å². The van der Waals surface area contributed by atoms with Crippen molar-refractivity contribution in [3.63, 3.8) is 0 Å². The molecule has 0 aliphatic carbocycles. The fraction of sp³-hybridized carbons (Fsp3) is 0.533. The number of nitrogens with one attached hydrogen (secondary N) is 1. The number of carbonyl (C=O) groups excluding carboxylic acids is 1. The third-order valence-corrected chi connectivity index (χ3v) is 3.79. The van der Waals surface area contributed by atoms with E-state index in [1.54, 1.807) is 17.3 Å².